The number of nitrogens with zero attached hydrogens (tertiary/aromatic N) is 2. The minimum atomic E-state index is -4.62. The fraction of sp³-hybridized carbons (Fsp3) is 0.385. The summed E-state index contributed by atoms with van der Waals surface area (Å²) in [4.78, 5) is 25.6. The van der Waals surface area contributed by atoms with Gasteiger partial charge in [-0.1, -0.05) is 24.3 Å². The molecule has 2 amide bonds. The van der Waals surface area contributed by atoms with Crippen molar-refractivity contribution in [2.45, 2.75) is 24.5 Å². The number of rotatable bonds is 3. The van der Waals surface area contributed by atoms with Gasteiger partial charge in [0, 0.05) is 6.54 Å². The van der Waals surface area contributed by atoms with Crippen molar-refractivity contribution in [2.75, 3.05) is 6.54 Å². The summed E-state index contributed by atoms with van der Waals surface area (Å²) in [6.07, 6.45) is 0.244. The summed E-state index contributed by atoms with van der Waals surface area (Å²) in [5.41, 5.74) is 6.31. The summed E-state index contributed by atoms with van der Waals surface area (Å²) in [5, 5.41) is 11.1. The number of carbonyl (C=O) groups is 2. The van der Waals surface area contributed by atoms with Crippen LogP contribution in [0.3, 0.4) is 0 Å². The monoisotopic (exact) mass is 363 g/mol. The van der Waals surface area contributed by atoms with E-state index in [2.05, 4.69) is 0 Å². The molecule has 124 valence electrons. The number of hydrogen-bond donors (Lipinski definition) is 2. The molecule has 24 heavy (non-hydrogen) atoms. The van der Waals surface area contributed by atoms with Crippen LogP contribution in [0.1, 0.15) is 18.0 Å². The molecular weight excluding hydrogens is 349 g/mol. The Morgan fingerprint density at radius 2 is 1.92 bits per heavy atom. The van der Waals surface area contributed by atoms with Crippen LogP contribution in [-0.4, -0.2) is 52.6 Å². The van der Waals surface area contributed by atoms with Crippen LogP contribution >= 0.6 is 0 Å². The normalized spacial score (nSPS) is 24.0. The van der Waals surface area contributed by atoms with Crippen molar-refractivity contribution in [1.29, 1.82) is 0 Å². The number of likely N-dealkylation sites (tertiary alicyclic amines) is 1. The van der Waals surface area contributed by atoms with Crippen LogP contribution in [0.15, 0.2) is 24.3 Å². The second-order valence-electron chi connectivity index (χ2n) is 5.49. The molecule has 11 heteroatoms. The molecule has 0 aromatic heterocycles. The Balaban J connectivity index is 0.00000208. The van der Waals surface area contributed by atoms with Gasteiger partial charge in [0.1, 0.15) is 12.1 Å². The first-order chi connectivity index (χ1) is 10.7. The fourth-order valence-corrected chi connectivity index (χ4v) is 3.96. The molecule has 3 rings (SSSR count). The molecule has 3 atom stereocenters. The first-order valence-corrected chi connectivity index (χ1v) is 8.25. The molecule has 0 unspecified atom stereocenters. The SMILES string of the molecule is N[C@@H](C(=O)N1CC[C@@H]2[C@H]1C(=O)N2S(=O)(=O)O)c1ccc([O-])cc1.[Na+]. The van der Waals surface area contributed by atoms with Gasteiger partial charge in [-0.3, -0.25) is 14.1 Å². The zero-order valence-electron chi connectivity index (χ0n) is 12.8. The Labute approximate surface area is 160 Å². The van der Waals surface area contributed by atoms with Crippen LogP contribution < -0.4 is 40.4 Å². The van der Waals surface area contributed by atoms with E-state index in [0.29, 0.717) is 9.87 Å². The van der Waals surface area contributed by atoms with E-state index in [4.69, 9.17) is 10.3 Å². The molecule has 2 aliphatic rings. The van der Waals surface area contributed by atoms with E-state index in [-0.39, 0.29) is 48.3 Å². The maximum Gasteiger partial charge on any atom is 1.00 e. The van der Waals surface area contributed by atoms with Gasteiger partial charge in [0.05, 0.1) is 6.04 Å². The summed E-state index contributed by atoms with van der Waals surface area (Å²) < 4.78 is 31.7. The van der Waals surface area contributed by atoms with E-state index in [1.165, 1.54) is 29.2 Å². The van der Waals surface area contributed by atoms with Crippen molar-refractivity contribution in [3.05, 3.63) is 29.8 Å². The number of carbonyl (C=O) groups excluding carboxylic acids is 2. The van der Waals surface area contributed by atoms with Gasteiger partial charge in [-0.05, 0) is 12.0 Å². The smallest absolute Gasteiger partial charge is 0.872 e. The Morgan fingerprint density at radius 3 is 2.46 bits per heavy atom. The molecule has 2 aliphatic heterocycles. The third-order valence-corrected chi connectivity index (χ3v) is 5.12. The number of amides is 2. The van der Waals surface area contributed by atoms with Gasteiger partial charge in [-0.25, -0.2) is 4.31 Å². The number of β-lactam (4-membered cyclic amide) rings is 1. The molecular formula is C13H14N3NaO6S. The van der Waals surface area contributed by atoms with Gasteiger partial charge in [0.25, 0.3) is 5.91 Å². The average molecular weight is 363 g/mol. The summed E-state index contributed by atoms with van der Waals surface area (Å²) in [7, 11) is -4.62. The second-order valence-corrected chi connectivity index (χ2v) is 6.78. The summed E-state index contributed by atoms with van der Waals surface area (Å²) >= 11 is 0. The van der Waals surface area contributed by atoms with Crippen molar-refractivity contribution in [1.82, 2.24) is 9.21 Å². The molecule has 0 radical (unpaired) electrons. The van der Waals surface area contributed by atoms with E-state index in [9.17, 15) is 23.1 Å². The van der Waals surface area contributed by atoms with Crippen molar-refractivity contribution in [3.8, 4) is 5.75 Å². The number of fused-ring (bicyclic) bond motifs is 1. The minimum Gasteiger partial charge on any atom is -0.872 e. The molecule has 0 spiro atoms. The summed E-state index contributed by atoms with van der Waals surface area (Å²) in [5.74, 6) is -1.59. The number of benzene rings is 1. The molecule has 9 nitrogen and oxygen atoms in total. The molecule has 0 bridgehead atoms. The number of hydrogen-bond acceptors (Lipinski definition) is 6. The fourth-order valence-electron chi connectivity index (χ4n) is 3.06. The maximum atomic E-state index is 12.5. The van der Waals surface area contributed by atoms with Gasteiger partial charge in [-0.2, -0.15) is 8.42 Å². The van der Waals surface area contributed by atoms with Gasteiger partial charge in [-0.15, -0.1) is 5.75 Å². The Hall–Kier alpha value is -1.17. The van der Waals surface area contributed by atoms with Crippen LogP contribution in [0.2, 0.25) is 0 Å². The molecule has 1 aromatic rings. The van der Waals surface area contributed by atoms with Gasteiger partial charge in [0.2, 0.25) is 5.91 Å². The zero-order chi connectivity index (χ0) is 16.9. The Morgan fingerprint density at radius 1 is 1.33 bits per heavy atom. The topological polar surface area (TPSA) is 144 Å². The summed E-state index contributed by atoms with van der Waals surface area (Å²) in [6, 6.07) is 2.71. The Bertz CT molecular complexity index is 768. The van der Waals surface area contributed by atoms with E-state index in [1.807, 2.05) is 0 Å². The molecule has 2 heterocycles. The van der Waals surface area contributed by atoms with Crippen LogP contribution in [0, 0.1) is 0 Å². The largest absolute Gasteiger partial charge is 1.00 e. The first-order valence-electron chi connectivity index (χ1n) is 6.85. The van der Waals surface area contributed by atoms with E-state index < -0.39 is 40.2 Å². The zero-order valence-corrected chi connectivity index (χ0v) is 15.6. The molecule has 1 aromatic carbocycles. The quantitative estimate of drug-likeness (QED) is 0.312. The van der Waals surface area contributed by atoms with Crippen molar-refractivity contribution >= 4 is 22.1 Å². The van der Waals surface area contributed by atoms with E-state index in [1.54, 1.807) is 0 Å². The van der Waals surface area contributed by atoms with E-state index >= 15 is 0 Å². The maximum absolute atomic E-state index is 12.5. The van der Waals surface area contributed by atoms with Gasteiger partial charge < -0.3 is 15.7 Å². The van der Waals surface area contributed by atoms with Gasteiger partial charge >= 0.3 is 39.9 Å². The molecule has 2 saturated heterocycles. The molecule has 0 saturated carbocycles. The van der Waals surface area contributed by atoms with Crippen molar-refractivity contribution in [3.63, 3.8) is 0 Å². The van der Waals surface area contributed by atoms with Crippen molar-refractivity contribution in [2.24, 2.45) is 5.73 Å². The Kier molecular flexibility index (Phi) is 5.28. The van der Waals surface area contributed by atoms with Crippen molar-refractivity contribution < 1.29 is 57.2 Å². The molecule has 2 fully saturated rings. The first kappa shape index (κ1) is 19.2. The average Bonchev–Trinajstić information content (AvgIpc) is 2.83. The third kappa shape index (κ3) is 3.05. The van der Waals surface area contributed by atoms with E-state index in [0.717, 1.165) is 0 Å². The summed E-state index contributed by atoms with van der Waals surface area (Å²) in [6.45, 7) is 0.166. The van der Waals surface area contributed by atoms with Crippen LogP contribution in [0.4, 0.5) is 0 Å². The van der Waals surface area contributed by atoms with Gasteiger partial charge in [0.15, 0.2) is 0 Å². The minimum absolute atomic E-state index is 0. The molecule has 3 N–H and O–H groups in total. The second kappa shape index (κ2) is 6.62. The standard InChI is InChI=1S/C13H15N3O6S.Na/c14-10(7-1-3-8(17)4-2-7)12(18)15-6-5-9-11(15)13(19)16(9)23(20,21)22;/h1-4,9-11,17H,5-6,14H2,(H,20,21,22);/q;+1/p-1/t9-,10-,11+;/m1./s1. The predicted octanol–water partition coefficient (Wildman–Crippen LogP) is -4.62. The third-order valence-electron chi connectivity index (χ3n) is 4.17. The molecule has 0 aliphatic carbocycles. The predicted molar refractivity (Wildman–Crippen MR) is 75.1 cm³/mol. The number of nitrogens with two attached hydrogens (primary N) is 1. The van der Waals surface area contributed by atoms with Crippen LogP contribution in [0.5, 0.6) is 5.75 Å². The van der Waals surface area contributed by atoms with Crippen LogP contribution in [-0.2, 0) is 19.9 Å². The van der Waals surface area contributed by atoms with Crippen LogP contribution in [0.25, 0.3) is 0 Å².